The number of rotatable bonds is 3. The molecular formula is C13H18N4. The third-order valence-electron chi connectivity index (χ3n) is 2.95. The Morgan fingerprint density at radius 3 is 2.71 bits per heavy atom. The molecule has 2 heterocycles. The second-order valence-electron chi connectivity index (χ2n) is 4.11. The van der Waals surface area contributed by atoms with Crippen molar-refractivity contribution in [2.75, 3.05) is 5.73 Å². The van der Waals surface area contributed by atoms with E-state index in [0.717, 1.165) is 35.6 Å². The molecule has 0 spiro atoms. The van der Waals surface area contributed by atoms with Crippen LogP contribution in [0.5, 0.6) is 0 Å². The minimum atomic E-state index is 0.702. The van der Waals surface area contributed by atoms with Crippen LogP contribution in [0.1, 0.15) is 30.8 Å². The Hall–Kier alpha value is -1.84. The molecule has 17 heavy (non-hydrogen) atoms. The summed E-state index contributed by atoms with van der Waals surface area (Å²) in [7, 11) is 0. The molecule has 0 unspecified atom stereocenters. The van der Waals surface area contributed by atoms with E-state index in [1.807, 2.05) is 17.7 Å². The molecule has 0 aromatic carbocycles. The molecule has 0 amide bonds. The summed E-state index contributed by atoms with van der Waals surface area (Å²) >= 11 is 0. The smallest absolute Gasteiger partial charge is 0.177 e. The van der Waals surface area contributed by atoms with Crippen molar-refractivity contribution in [2.45, 2.75) is 33.6 Å². The minimum absolute atomic E-state index is 0.702. The lowest BCUT2D eigenvalue weighted by atomic mass is 10.2. The molecule has 90 valence electrons. The summed E-state index contributed by atoms with van der Waals surface area (Å²) < 4.78 is 1.86. The predicted molar refractivity (Wildman–Crippen MR) is 69.3 cm³/mol. The summed E-state index contributed by atoms with van der Waals surface area (Å²) in [6.45, 7) is 6.19. The molecule has 4 heteroatoms. The zero-order chi connectivity index (χ0) is 12.4. The Morgan fingerprint density at radius 1 is 1.29 bits per heavy atom. The molecule has 0 aliphatic heterocycles. The predicted octanol–water partition coefficient (Wildman–Crippen LogP) is 2.28. The topological polar surface area (TPSA) is 56.7 Å². The van der Waals surface area contributed by atoms with Gasteiger partial charge >= 0.3 is 0 Å². The van der Waals surface area contributed by atoms with E-state index in [9.17, 15) is 0 Å². The first-order chi connectivity index (χ1) is 8.17. The van der Waals surface area contributed by atoms with Gasteiger partial charge in [0.2, 0.25) is 0 Å². The van der Waals surface area contributed by atoms with Crippen LogP contribution in [0.4, 0.5) is 5.69 Å². The lowest BCUT2D eigenvalue weighted by Crippen LogP contribution is -2.08. The number of nitrogens with two attached hydrogens (primary N) is 1. The number of hydrogen-bond acceptors (Lipinski definition) is 3. The number of pyridine rings is 1. The summed E-state index contributed by atoms with van der Waals surface area (Å²) in [5, 5.41) is 4.55. The number of nitrogen functional groups attached to an aromatic ring is 1. The molecular weight excluding hydrogens is 212 g/mol. The van der Waals surface area contributed by atoms with Crippen molar-refractivity contribution in [3.63, 3.8) is 0 Å². The third kappa shape index (κ3) is 2.02. The van der Waals surface area contributed by atoms with Gasteiger partial charge in [0, 0.05) is 11.9 Å². The number of nitrogens with zero attached hydrogens (tertiary/aromatic N) is 3. The molecule has 0 saturated carbocycles. The van der Waals surface area contributed by atoms with Crippen LogP contribution < -0.4 is 5.73 Å². The Balaban J connectivity index is 2.59. The molecule has 0 aliphatic rings. The van der Waals surface area contributed by atoms with Gasteiger partial charge < -0.3 is 5.73 Å². The van der Waals surface area contributed by atoms with Crippen LogP contribution in [-0.2, 0) is 12.8 Å². The van der Waals surface area contributed by atoms with Crippen molar-refractivity contribution in [3.8, 4) is 5.82 Å². The van der Waals surface area contributed by atoms with Crippen molar-refractivity contribution in [1.82, 2.24) is 14.8 Å². The Labute approximate surface area is 101 Å². The highest BCUT2D eigenvalue weighted by atomic mass is 15.3. The van der Waals surface area contributed by atoms with E-state index in [1.54, 1.807) is 6.20 Å². The second kappa shape index (κ2) is 4.57. The molecule has 2 aromatic rings. The zero-order valence-electron chi connectivity index (χ0n) is 10.6. The van der Waals surface area contributed by atoms with Gasteiger partial charge in [-0.25, -0.2) is 9.67 Å². The number of hydrogen-bond donors (Lipinski definition) is 1. The summed E-state index contributed by atoms with van der Waals surface area (Å²) in [5.74, 6) is 0.738. The number of aryl methyl sites for hydroxylation is 3. The molecule has 2 N–H and O–H groups in total. The summed E-state index contributed by atoms with van der Waals surface area (Å²) in [6.07, 6.45) is 3.61. The normalized spacial score (nSPS) is 10.8. The van der Waals surface area contributed by atoms with Crippen LogP contribution in [0.2, 0.25) is 0 Å². The third-order valence-corrected chi connectivity index (χ3v) is 2.95. The van der Waals surface area contributed by atoms with Crippen LogP contribution in [0.25, 0.3) is 5.82 Å². The molecule has 0 saturated heterocycles. The second-order valence-corrected chi connectivity index (χ2v) is 4.11. The van der Waals surface area contributed by atoms with Gasteiger partial charge in [-0.15, -0.1) is 0 Å². The largest absolute Gasteiger partial charge is 0.395 e. The van der Waals surface area contributed by atoms with Crippen molar-refractivity contribution < 1.29 is 0 Å². The maximum atomic E-state index is 6.07. The SMILES string of the molecule is CCc1cc(CC)n(-c2nccc(C)c2N)n1. The molecule has 4 nitrogen and oxygen atoms in total. The monoisotopic (exact) mass is 230 g/mol. The standard InChI is InChI=1S/C13H18N4/c1-4-10-8-11(5-2)17(16-10)13-12(14)9(3)6-7-15-13/h6-8H,4-5,14H2,1-3H3. The number of anilines is 1. The fourth-order valence-electron chi connectivity index (χ4n) is 1.81. The Kier molecular flexibility index (Phi) is 3.13. The Morgan fingerprint density at radius 2 is 2.06 bits per heavy atom. The summed E-state index contributed by atoms with van der Waals surface area (Å²) in [5.41, 5.74) is 10.0. The van der Waals surface area contributed by atoms with Crippen LogP contribution >= 0.6 is 0 Å². The molecule has 0 radical (unpaired) electrons. The minimum Gasteiger partial charge on any atom is -0.395 e. The summed E-state index contributed by atoms with van der Waals surface area (Å²) in [6, 6.07) is 4.03. The van der Waals surface area contributed by atoms with Crippen LogP contribution in [0, 0.1) is 6.92 Å². The van der Waals surface area contributed by atoms with Gasteiger partial charge in [-0.2, -0.15) is 5.10 Å². The van der Waals surface area contributed by atoms with E-state index < -0.39 is 0 Å². The molecule has 0 bridgehead atoms. The fourth-order valence-corrected chi connectivity index (χ4v) is 1.81. The number of aromatic nitrogens is 3. The first kappa shape index (κ1) is 11.6. The van der Waals surface area contributed by atoms with Gasteiger partial charge in [-0.05, 0) is 37.5 Å². The molecule has 2 aromatic heterocycles. The van der Waals surface area contributed by atoms with Gasteiger partial charge in [0.05, 0.1) is 11.4 Å². The van der Waals surface area contributed by atoms with Gasteiger partial charge in [-0.1, -0.05) is 13.8 Å². The maximum Gasteiger partial charge on any atom is 0.177 e. The zero-order valence-corrected chi connectivity index (χ0v) is 10.6. The average Bonchev–Trinajstić information content (AvgIpc) is 2.76. The van der Waals surface area contributed by atoms with Crippen molar-refractivity contribution in [2.24, 2.45) is 0 Å². The lowest BCUT2D eigenvalue weighted by Gasteiger charge is -2.09. The van der Waals surface area contributed by atoms with Crippen molar-refractivity contribution in [3.05, 3.63) is 35.3 Å². The van der Waals surface area contributed by atoms with Crippen LogP contribution in [0.3, 0.4) is 0 Å². The van der Waals surface area contributed by atoms with Gasteiger partial charge in [0.25, 0.3) is 0 Å². The van der Waals surface area contributed by atoms with E-state index in [2.05, 4.69) is 30.0 Å². The molecule has 2 rings (SSSR count). The Bertz CT molecular complexity index is 528. The van der Waals surface area contributed by atoms with Crippen LogP contribution in [-0.4, -0.2) is 14.8 Å². The van der Waals surface area contributed by atoms with E-state index in [4.69, 9.17) is 5.73 Å². The van der Waals surface area contributed by atoms with E-state index in [-0.39, 0.29) is 0 Å². The van der Waals surface area contributed by atoms with E-state index >= 15 is 0 Å². The highest BCUT2D eigenvalue weighted by Crippen LogP contribution is 2.20. The first-order valence-corrected chi connectivity index (χ1v) is 5.96. The van der Waals surface area contributed by atoms with Crippen LogP contribution in [0.15, 0.2) is 18.3 Å². The highest BCUT2D eigenvalue weighted by Gasteiger charge is 2.11. The van der Waals surface area contributed by atoms with Crippen molar-refractivity contribution >= 4 is 5.69 Å². The maximum absolute atomic E-state index is 6.07. The van der Waals surface area contributed by atoms with E-state index in [1.165, 1.54) is 0 Å². The lowest BCUT2D eigenvalue weighted by molar-refractivity contribution is 0.774. The quantitative estimate of drug-likeness (QED) is 0.880. The molecule has 0 atom stereocenters. The fraction of sp³-hybridized carbons (Fsp3) is 0.385. The average molecular weight is 230 g/mol. The van der Waals surface area contributed by atoms with Gasteiger partial charge in [-0.3, -0.25) is 0 Å². The van der Waals surface area contributed by atoms with Gasteiger partial charge in [0.15, 0.2) is 5.82 Å². The van der Waals surface area contributed by atoms with Gasteiger partial charge in [0.1, 0.15) is 0 Å². The highest BCUT2D eigenvalue weighted by molar-refractivity contribution is 5.58. The first-order valence-electron chi connectivity index (χ1n) is 5.96. The van der Waals surface area contributed by atoms with E-state index in [0.29, 0.717) is 5.69 Å². The summed E-state index contributed by atoms with van der Waals surface area (Å²) in [4.78, 5) is 4.34. The molecule has 0 aliphatic carbocycles. The molecule has 0 fully saturated rings. The van der Waals surface area contributed by atoms with Crippen molar-refractivity contribution in [1.29, 1.82) is 0 Å².